The molecule has 0 aliphatic heterocycles. The number of hydrogen-bond acceptors (Lipinski definition) is 3. The van der Waals surface area contributed by atoms with Crippen LogP contribution in [-0.2, 0) is 28.1 Å². The van der Waals surface area contributed by atoms with Crippen LogP contribution in [0.5, 0.6) is 0 Å². The number of benzene rings is 7. The Bertz CT molecular complexity index is 2800. The van der Waals surface area contributed by atoms with Crippen molar-refractivity contribution >= 4 is 56.1 Å². The van der Waals surface area contributed by atoms with Gasteiger partial charge in [0.15, 0.2) is 0 Å². The molecule has 0 fully saturated rings. The van der Waals surface area contributed by atoms with Gasteiger partial charge in [0.25, 0.3) is 0 Å². The van der Waals surface area contributed by atoms with Crippen LogP contribution in [0.25, 0.3) is 33.1 Å². The molecule has 1 aliphatic carbocycles. The summed E-state index contributed by atoms with van der Waals surface area (Å²) < 4.78 is 7.00. The van der Waals surface area contributed by atoms with Crippen molar-refractivity contribution in [1.29, 1.82) is 0 Å². The SMILES string of the molecule is CC(C)(C)c1ccc(N(c2ccc(C(C)(C)C)cc2)c2ccc3c(c2)Cc2cc(N(c4ccc(C(C)(C)C)cc4)c4ccc(C(C)(C)C)cc4)c4c(oc5ccccc54)c2-3)cc1. The molecule has 0 spiro atoms. The van der Waals surface area contributed by atoms with Gasteiger partial charge in [0.1, 0.15) is 11.2 Å². The smallest absolute Gasteiger partial charge is 0.145 e. The van der Waals surface area contributed by atoms with Gasteiger partial charge in [-0.3, -0.25) is 0 Å². The van der Waals surface area contributed by atoms with Gasteiger partial charge in [-0.2, -0.15) is 0 Å². The maximum atomic E-state index is 7.00. The van der Waals surface area contributed by atoms with Gasteiger partial charge in [-0.15, -0.1) is 0 Å². The monoisotopic (exact) mass is 814 g/mol. The molecule has 0 radical (unpaired) electrons. The summed E-state index contributed by atoms with van der Waals surface area (Å²) in [6, 6.07) is 54.6. The zero-order valence-electron chi connectivity index (χ0n) is 38.9. The van der Waals surface area contributed by atoms with Gasteiger partial charge in [0.2, 0.25) is 0 Å². The van der Waals surface area contributed by atoms with Crippen molar-refractivity contribution < 1.29 is 4.42 Å². The first kappa shape index (κ1) is 41.3. The Morgan fingerprint density at radius 2 is 0.806 bits per heavy atom. The summed E-state index contributed by atoms with van der Waals surface area (Å²) in [5.41, 5.74) is 19.2. The highest BCUT2D eigenvalue weighted by atomic mass is 16.3. The highest BCUT2D eigenvalue weighted by Crippen LogP contribution is 2.52. The normalized spacial score (nSPS) is 13.1. The zero-order valence-corrected chi connectivity index (χ0v) is 38.9. The lowest BCUT2D eigenvalue weighted by atomic mass is 9.86. The van der Waals surface area contributed by atoms with Crippen molar-refractivity contribution in [2.24, 2.45) is 0 Å². The number of fused-ring (bicyclic) bond motifs is 7. The predicted octanol–water partition coefficient (Wildman–Crippen LogP) is 17.3. The Hall–Kier alpha value is -6.06. The van der Waals surface area contributed by atoms with Gasteiger partial charge >= 0.3 is 0 Å². The van der Waals surface area contributed by atoms with Crippen LogP contribution >= 0.6 is 0 Å². The minimum absolute atomic E-state index is 0.0469. The molecule has 0 atom stereocenters. The van der Waals surface area contributed by atoms with Crippen LogP contribution in [0, 0.1) is 0 Å². The lowest BCUT2D eigenvalue weighted by Gasteiger charge is -2.29. The molecule has 62 heavy (non-hydrogen) atoms. The third-order valence-corrected chi connectivity index (χ3v) is 12.9. The highest BCUT2D eigenvalue weighted by Gasteiger charge is 2.31. The number of nitrogens with zero attached hydrogens (tertiary/aromatic N) is 2. The zero-order chi connectivity index (χ0) is 43.9. The first-order valence-corrected chi connectivity index (χ1v) is 22.4. The van der Waals surface area contributed by atoms with E-state index in [2.05, 4.69) is 238 Å². The molecule has 1 heterocycles. The van der Waals surface area contributed by atoms with E-state index in [9.17, 15) is 0 Å². The van der Waals surface area contributed by atoms with Crippen molar-refractivity contribution in [3.8, 4) is 11.1 Å². The second-order valence-electron chi connectivity index (χ2n) is 21.6. The standard InChI is InChI=1S/C59H62N2O/c1-56(2,3)40-17-25-44(26-18-40)60(45-27-19-41(20-28-45)57(4,5)6)48-33-34-49-38(36-48)35-39-37-51(54-50-15-13-14-16-52(50)62-55(54)53(39)49)61(46-29-21-42(22-30-46)58(7,8)9)47-31-23-43(24-32-47)59(10,11)12/h13-34,36-37H,35H2,1-12H3. The Kier molecular flexibility index (Phi) is 9.86. The van der Waals surface area contributed by atoms with Gasteiger partial charge in [-0.1, -0.05) is 156 Å². The molecule has 9 rings (SSSR count). The minimum Gasteiger partial charge on any atom is -0.455 e. The summed E-state index contributed by atoms with van der Waals surface area (Å²) in [6.45, 7) is 27.3. The first-order chi connectivity index (χ1) is 29.3. The third-order valence-electron chi connectivity index (χ3n) is 12.9. The summed E-state index contributed by atoms with van der Waals surface area (Å²) in [6.07, 6.45) is 0.804. The van der Waals surface area contributed by atoms with Crippen LogP contribution in [-0.4, -0.2) is 0 Å². The molecule has 314 valence electrons. The number of hydrogen-bond donors (Lipinski definition) is 0. The molecule has 8 aromatic rings. The Labute approximate surface area is 370 Å². The minimum atomic E-state index is 0.0469. The van der Waals surface area contributed by atoms with Crippen molar-refractivity contribution in [1.82, 2.24) is 0 Å². The van der Waals surface area contributed by atoms with Gasteiger partial charge in [-0.05, 0) is 140 Å². The number of furan rings is 1. The Morgan fingerprint density at radius 1 is 0.403 bits per heavy atom. The fourth-order valence-electron chi connectivity index (χ4n) is 9.17. The molecule has 3 heteroatoms. The van der Waals surface area contributed by atoms with E-state index in [1.54, 1.807) is 0 Å². The number of para-hydroxylation sites is 1. The Morgan fingerprint density at radius 3 is 1.24 bits per heavy atom. The van der Waals surface area contributed by atoms with Crippen LogP contribution in [0.4, 0.5) is 34.1 Å². The van der Waals surface area contributed by atoms with Crippen molar-refractivity contribution in [2.45, 2.75) is 111 Å². The molecular weight excluding hydrogens is 753 g/mol. The van der Waals surface area contributed by atoms with Crippen LogP contribution < -0.4 is 9.80 Å². The average molecular weight is 815 g/mol. The van der Waals surface area contributed by atoms with Crippen molar-refractivity contribution in [3.05, 3.63) is 179 Å². The van der Waals surface area contributed by atoms with Crippen molar-refractivity contribution in [3.63, 3.8) is 0 Å². The Balaban J connectivity index is 1.22. The topological polar surface area (TPSA) is 19.6 Å². The van der Waals surface area contributed by atoms with E-state index in [0.29, 0.717) is 0 Å². The van der Waals surface area contributed by atoms with Gasteiger partial charge in [0.05, 0.1) is 11.1 Å². The molecule has 1 aromatic heterocycles. The molecular formula is C59H62N2O. The largest absolute Gasteiger partial charge is 0.455 e. The summed E-state index contributed by atoms with van der Waals surface area (Å²) >= 11 is 0. The van der Waals surface area contributed by atoms with Crippen LogP contribution in [0.3, 0.4) is 0 Å². The highest BCUT2D eigenvalue weighted by molar-refractivity contribution is 6.18. The third kappa shape index (κ3) is 7.50. The summed E-state index contributed by atoms with van der Waals surface area (Å²) in [7, 11) is 0. The maximum absolute atomic E-state index is 7.00. The quantitative estimate of drug-likeness (QED) is 0.167. The second-order valence-corrected chi connectivity index (χ2v) is 21.6. The average Bonchev–Trinajstić information content (AvgIpc) is 3.79. The van der Waals surface area contributed by atoms with Crippen molar-refractivity contribution in [2.75, 3.05) is 9.80 Å². The van der Waals surface area contributed by atoms with Gasteiger partial charge in [-0.25, -0.2) is 0 Å². The molecule has 7 aromatic carbocycles. The van der Waals surface area contributed by atoms with Crippen LogP contribution in [0.2, 0.25) is 0 Å². The number of rotatable bonds is 6. The van der Waals surface area contributed by atoms with E-state index in [4.69, 9.17) is 4.42 Å². The van der Waals surface area contributed by atoms with E-state index in [1.807, 2.05) is 0 Å². The van der Waals surface area contributed by atoms with Gasteiger partial charge < -0.3 is 14.2 Å². The summed E-state index contributed by atoms with van der Waals surface area (Å²) in [5, 5.41) is 2.26. The van der Waals surface area contributed by atoms with Crippen LogP contribution in [0.15, 0.2) is 150 Å². The lowest BCUT2D eigenvalue weighted by molar-refractivity contribution is 0.590. The molecule has 0 N–H and O–H groups in total. The molecule has 0 saturated heterocycles. The fourth-order valence-corrected chi connectivity index (χ4v) is 9.17. The first-order valence-electron chi connectivity index (χ1n) is 22.4. The van der Waals surface area contributed by atoms with E-state index < -0.39 is 0 Å². The predicted molar refractivity (Wildman–Crippen MR) is 266 cm³/mol. The summed E-state index contributed by atoms with van der Waals surface area (Å²) in [5.74, 6) is 0. The molecule has 0 amide bonds. The van der Waals surface area contributed by atoms with Crippen LogP contribution in [0.1, 0.15) is 116 Å². The lowest BCUT2D eigenvalue weighted by Crippen LogP contribution is -2.14. The molecule has 3 nitrogen and oxygen atoms in total. The van der Waals surface area contributed by atoms with E-state index in [1.165, 1.54) is 44.5 Å². The summed E-state index contributed by atoms with van der Waals surface area (Å²) in [4.78, 5) is 4.86. The fraction of sp³-hybridized carbons (Fsp3) is 0.288. The maximum Gasteiger partial charge on any atom is 0.145 e. The molecule has 1 aliphatic rings. The second kappa shape index (κ2) is 14.8. The molecule has 0 unspecified atom stereocenters. The molecule has 0 bridgehead atoms. The van der Waals surface area contributed by atoms with E-state index >= 15 is 0 Å². The van der Waals surface area contributed by atoms with Gasteiger partial charge in [0, 0.05) is 39.4 Å². The van der Waals surface area contributed by atoms with E-state index in [0.717, 1.165) is 62.5 Å². The molecule has 0 saturated carbocycles. The van der Waals surface area contributed by atoms with E-state index in [-0.39, 0.29) is 21.7 Å². The number of anilines is 6.